The molecule has 0 aliphatic heterocycles. The Labute approximate surface area is 109 Å². The summed E-state index contributed by atoms with van der Waals surface area (Å²) in [5, 5.41) is 17.8. The second-order valence-corrected chi connectivity index (χ2v) is 4.58. The molecule has 0 unspecified atom stereocenters. The van der Waals surface area contributed by atoms with Gasteiger partial charge in [0, 0.05) is 17.6 Å². The molecule has 1 rings (SSSR count). The van der Waals surface area contributed by atoms with E-state index in [1.807, 2.05) is 19.1 Å². The molecule has 0 saturated heterocycles. The summed E-state index contributed by atoms with van der Waals surface area (Å²) in [5.41, 5.74) is 1.60. The van der Waals surface area contributed by atoms with Crippen LogP contribution in [0.15, 0.2) is 22.7 Å². The molecule has 2 N–H and O–H groups in total. The number of aryl methyl sites for hydroxylation is 1. The second kappa shape index (κ2) is 6.74. The quantitative estimate of drug-likeness (QED) is 0.859. The van der Waals surface area contributed by atoms with Gasteiger partial charge in [0.05, 0.1) is 18.8 Å². The molecule has 0 saturated carbocycles. The van der Waals surface area contributed by atoms with Gasteiger partial charge in [0.15, 0.2) is 0 Å². The van der Waals surface area contributed by atoms with Crippen LogP contribution in [0.4, 0.5) is 0 Å². The van der Waals surface area contributed by atoms with Crippen LogP contribution in [0.25, 0.3) is 0 Å². The second-order valence-electron chi connectivity index (χ2n) is 3.72. The molecule has 1 amide bonds. The molecule has 0 atom stereocenters. The van der Waals surface area contributed by atoms with Crippen LogP contribution in [0, 0.1) is 6.92 Å². The predicted molar refractivity (Wildman–Crippen MR) is 69.0 cm³/mol. The van der Waals surface area contributed by atoms with E-state index < -0.39 is 0 Å². The average molecular weight is 302 g/mol. The van der Waals surface area contributed by atoms with Crippen LogP contribution in [0.3, 0.4) is 0 Å². The lowest BCUT2D eigenvalue weighted by atomic mass is 10.1. The minimum atomic E-state index is -0.194. The fourth-order valence-electron chi connectivity index (χ4n) is 1.52. The van der Waals surface area contributed by atoms with Gasteiger partial charge < -0.3 is 15.1 Å². The normalized spacial score (nSPS) is 10.4. The summed E-state index contributed by atoms with van der Waals surface area (Å²) < 4.78 is 0.725. The van der Waals surface area contributed by atoms with E-state index in [9.17, 15) is 4.79 Å². The highest BCUT2D eigenvalue weighted by atomic mass is 79.9. The van der Waals surface area contributed by atoms with Gasteiger partial charge in [0.1, 0.15) is 0 Å². The van der Waals surface area contributed by atoms with Gasteiger partial charge in [0.25, 0.3) is 5.91 Å². The van der Waals surface area contributed by atoms with Crippen molar-refractivity contribution in [2.75, 3.05) is 26.3 Å². The zero-order valence-electron chi connectivity index (χ0n) is 9.69. The summed E-state index contributed by atoms with van der Waals surface area (Å²) >= 11 is 3.35. The zero-order valence-corrected chi connectivity index (χ0v) is 11.3. The summed E-state index contributed by atoms with van der Waals surface area (Å²) in [6.45, 7) is 2.15. The number of hydrogen-bond acceptors (Lipinski definition) is 3. The Morgan fingerprint density at radius 3 is 2.35 bits per heavy atom. The van der Waals surface area contributed by atoms with Crippen LogP contribution in [0.5, 0.6) is 0 Å². The Hall–Kier alpha value is -0.910. The standard InChI is InChI=1S/C12H16BrNO3/c1-9-2-3-10(11(13)8-9)12(17)14(4-6-15)5-7-16/h2-3,8,15-16H,4-7H2,1H3. The molecule has 4 nitrogen and oxygen atoms in total. The fourth-order valence-corrected chi connectivity index (χ4v) is 2.18. The van der Waals surface area contributed by atoms with E-state index in [-0.39, 0.29) is 32.2 Å². The molecule has 0 aromatic heterocycles. The van der Waals surface area contributed by atoms with Crippen molar-refractivity contribution in [2.45, 2.75) is 6.92 Å². The lowest BCUT2D eigenvalue weighted by Gasteiger charge is -2.21. The van der Waals surface area contributed by atoms with Crippen molar-refractivity contribution in [1.29, 1.82) is 0 Å². The average Bonchev–Trinajstić information content (AvgIpc) is 2.28. The summed E-state index contributed by atoms with van der Waals surface area (Å²) in [4.78, 5) is 13.6. The molecule has 0 fully saturated rings. The van der Waals surface area contributed by atoms with Gasteiger partial charge in [-0.2, -0.15) is 0 Å². The summed E-state index contributed by atoms with van der Waals surface area (Å²) in [5.74, 6) is -0.194. The largest absolute Gasteiger partial charge is 0.395 e. The number of rotatable bonds is 5. The highest BCUT2D eigenvalue weighted by Crippen LogP contribution is 2.19. The lowest BCUT2D eigenvalue weighted by Crippen LogP contribution is -2.36. The molecule has 0 aliphatic rings. The maximum Gasteiger partial charge on any atom is 0.255 e. The Kier molecular flexibility index (Phi) is 5.61. The number of nitrogens with zero attached hydrogens (tertiary/aromatic N) is 1. The Bertz CT molecular complexity index is 389. The monoisotopic (exact) mass is 301 g/mol. The Balaban J connectivity index is 2.92. The first-order valence-electron chi connectivity index (χ1n) is 5.37. The SMILES string of the molecule is Cc1ccc(C(=O)N(CCO)CCO)c(Br)c1. The first kappa shape index (κ1) is 14.2. The van der Waals surface area contributed by atoms with Crippen molar-refractivity contribution in [3.63, 3.8) is 0 Å². The van der Waals surface area contributed by atoms with Gasteiger partial charge >= 0.3 is 0 Å². The summed E-state index contributed by atoms with van der Waals surface area (Å²) in [6, 6.07) is 5.46. The maximum absolute atomic E-state index is 12.1. The number of carbonyl (C=O) groups excluding carboxylic acids is 1. The molecule has 1 aromatic rings. The van der Waals surface area contributed by atoms with Crippen molar-refractivity contribution in [2.24, 2.45) is 0 Å². The Morgan fingerprint density at radius 1 is 1.29 bits per heavy atom. The molecule has 0 spiro atoms. The number of halogens is 1. The fraction of sp³-hybridized carbons (Fsp3) is 0.417. The van der Waals surface area contributed by atoms with Gasteiger partial charge in [-0.25, -0.2) is 0 Å². The third-order valence-corrected chi connectivity index (χ3v) is 3.04. The maximum atomic E-state index is 12.1. The van der Waals surface area contributed by atoms with Gasteiger partial charge in [-0.05, 0) is 40.5 Å². The van der Waals surface area contributed by atoms with E-state index in [1.54, 1.807) is 6.07 Å². The minimum Gasteiger partial charge on any atom is -0.395 e. The topological polar surface area (TPSA) is 60.8 Å². The highest BCUT2D eigenvalue weighted by molar-refractivity contribution is 9.10. The molecule has 17 heavy (non-hydrogen) atoms. The number of benzene rings is 1. The highest BCUT2D eigenvalue weighted by Gasteiger charge is 2.17. The zero-order chi connectivity index (χ0) is 12.8. The van der Waals surface area contributed by atoms with Gasteiger partial charge in [-0.3, -0.25) is 4.79 Å². The van der Waals surface area contributed by atoms with Crippen molar-refractivity contribution in [1.82, 2.24) is 4.90 Å². The number of hydrogen-bond donors (Lipinski definition) is 2. The molecule has 1 aromatic carbocycles. The van der Waals surface area contributed by atoms with Crippen LogP contribution >= 0.6 is 15.9 Å². The predicted octanol–water partition coefficient (Wildman–Crippen LogP) is 1.18. The molecular weight excluding hydrogens is 286 g/mol. The number of amides is 1. The van der Waals surface area contributed by atoms with Crippen molar-refractivity contribution in [3.8, 4) is 0 Å². The molecule has 0 radical (unpaired) electrons. The third kappa shape index (κ3) is 3.80. The smallest absolute Gasteiger partial charge is 0.255 e. The molecule has 5 heteroatoms. The van der Waals surface area contributed by atoms with Gasteiger partial charge in [-0.15, -0.1) is 0 Å². The molecule has 94 valence electrons. The first-order chi connectivity index (χ1) is 8.10. The minimum absolute atomic E-state index is 0.116. The van der Waals surface area contributed by atoms with Crippen molar-refractivity contribution in [3.05, 3.63) is 33.8 Å². The molecular formula is C12H16BrNO3. The van der Waals surface area contributed by atoms with Crippen LogP contribution in [-0.4, -0.2) is 47.3 Å². The third-order valence-electron chi connectivity index (χ3n) is 2.38. The summed E-state index contributed by atoms with van der Waals surface area (Å²) in [7, 11) is 0. The number of aliphatic hydroxyl groups excluding tert-OH is 2. The molecule has 0 heterocycles. The summed E-state index contributed by atoms with van der Waals surface area (Å²) in [6.07, 6.45) is 0. The van der Waals surface area contributed by atoms with Crippen LogP contribution in [0.1, 0.15) is 15.9 Å². The Morgan fingerprint density at radius 2 is 1.88 bits per heavy atom. The van der Waals surface area contributed by atoms with E-state index in [2.05, 4.69) is 15.9 Å². The van der Waals surface area contributed by atoms with Crippen LogP contribution < -0.4 is 0 Å². The van der Waals surface area contributed by atoms with Gasteiger partial charge in [0.2, 0.25) is 0 Å². The van der Waals surface area contributed by atoms with E-state index >= 15 is 0 Å². The van der Waals surface area contributed by atoms with E-state index in [0.29, 0.717) is 5.56 Å². The van der Waals surface area contributed by atoms with Crippen molar-refractivity contribution < 1.29 is 15.0 Å². The molecule has 0 bridgehead atoms. The van der Waals surface area contributed by atoms with E-state index in [1.165, 1.54) is 4.90 Å². The van der Waals surface area contributed by atoms with E-state index in [4.69, 9.17) is 10.2 Å². The number of carbonyl (C=O) groups is 1. The lowest BCUT2D eigenvalue weighted by molar-refractivity contribution is 0.0684. The van der Waals surface area contributed by atoms with Crippen molar-refractivity contribution >= 4 is 21.8 Å². The van der Waals surface area contributed by atoms with Crippen LogP contribution in [0.2, 0.25) is 0 Å². The van der Waals surface area contributed by atoms with Crippen LogP contribution in [-0.2, 0) is 0 Å². The first-order valence-corrected chi connectivity index (χ1v) is 6.16. The van der Waals surface area contributed by atoms with Gasteiger partial charge in [-0.1, -0.05) is 6.07 Å². The molecule has 0 aliphatic carbocycles. The number of aliphatic hydroxyl groups is 2. The van der Waals surface area contributed by atoms with E-state index in [0.717, 1.165) is 10.0 Å².